The first-order chi connectivity index (χ1) is 13.1. The van der Waals surface area contributed by atoms with Crippen molar-refractivity contribution in [3.05, 3.63) is 60.4 Å². The van der Waals surface area contributed by atoms with Crippen LogP contribution in [0.5, 0.6) is 0 Å². The molecule has 0 unspecified atom stereocenters. The first-order valence-electron chi connectivity index (χ1n) is 8.83. The number of benzene rings is 1. The van der Waals surface area contributed by atoms with Crippen LogP contribution in [-0.2, 0) is 17.9 Å². The SMILES string of the molecule is CC(C)c1nnc(-c2cc3ccccc3n2CC(=O)NCc2ccco2)o1. The molecule has 0 aliphatic heterocycles. The number of para-hydroxylation sites is 1. The molecular weight excluding hydrogens is 344 g/mol. The highest BCUT2D eigenvalue weighted by Crippen LogP contribution is 2.28. The third-order valence-electron chi connectivity index (χ3n) is 4.31. The first kappa shape index (κ1) is 17.1. The highest BCUT2D eigenvalue weighted by molar-refractivity contribution is 5.88. The summed E-state index contributed by atoms with van der Waals surface area (Å²) >= 11 is 0. The van der Waals surface area contributed by atoms with Crippen LogP contribution in [0.1, 0.15) is 31.4 Å². The average molecular weight is 364 g/mol. The van der Waals surface area contributed by atoms with E-state index in [-0.39, 0.29) is 18.4 Å². The van der Waals surface area contributed by atoms with Gasteiger partial charge in [0.2, 0.25) is 11.8 Å². The number of carbonyl (C=O) groups excluding carboxylic acids is 1. The molecule has 0 aliphatic carbocycles. The standard InChI is InChI=1S/C20H20N4O3/c1-13(2)19-22-23-20(27-19)17-10-14-6-3-4-8-16(14)24(17)12-18(25)21-11-15-7-5-9-26-15/h3-10,13H,11-12H2,1-2H3,(H,21,25). The minimum Gasteiger partial charge on any atom is -0.467 e. The Morgan fingerprint density at radius 3 is 2.78 bits per heavy atom. The van der Waals surface area contributed by atoms with Gasteiger partial charge in [0.15, 0.2) is 0 Å². The molecule has 27 heavy (non-hydrogen) atoms. The fourth-order valence-electron chi connectivity index (χ4n) is 2.93. The van der Waals surface area contributed by atoms with E-state index < -0.39 is 0 Å². The monoisotopic (exact) mass is 364 g/mol. The van der Waals surface area contributed by atoms with Crippen LogP contribution >= 0.6 is 0 Å². The van der Waals surface area contributed by atoms with Gasteiger partial charge in [-0.25, -0.2) is 0 Å². The van der Waals surface area contributed by atoms with Gasteiger partial charge in [0.1, 0.15) is 18.0 Å². The van der Waals surface area contributed by atoms with Crippen LogP contribution in [0.15, 0.2) is 57.6 Å². The van der Waals surface area contributed by atoms with Gasteiger partial charge in [-0.2, -0.15) is 0 Å². The molecule has 7 nitrogen and oxygen atoms in total. The summed E-state index contributed by atoms with van der Waals surface area (Å²) in [5.74, 6) is 1.70. The van der Waals surface area contributed by atoms with E-state index in [1.165, 1.54) is 0 Å². The summed E-state index contributed by atoms with van der Waals surface area (Å²) in [6, 6.07) is 13.4. The Morgan fingerprint density at radius 1 is 1.19 bits per heavy atom. The van der Waals surface area contributed by atoms with Crippen molar-refractivity contribution in [1.29, 1.82) is 0 Å². The van der Waals surface area contributed by atoms with E-state index in [2.05, 4.69) is 15.5 Å². The normalized spacial score (nSPS) is 11.4. The molecule has 0 saturated heterocycles. The van der Waals surface area contributed by atoms with Crippen molar-refractivity contribution < 1.29 is 13.6 Å². The van der Waals surface area contributed by atoms with Crippen LogP contribution in [0.4, 0.5) is 0 Å². The number of rotatable bonds is 6. The minimum absolute atomic E-state index is 0.127. The summed E-state index contributed by atoms with van der Waals surface area (Å²) in [4.78, 5) is 12.5. The van der Waals surface area contributed by atoms with Crippen molar-refractivity contribution in [2.24, 2.45) is 0 Å². The molecule has 4 aromatic rings. The fraction of sp³-hybridized carbons (Fsp3) is 0.250. The van der Waals surface area contributed by atoms with Crippen LogP contribution in [0.25, 0.3) is 22.5 Å². The van der Waals surface area contributed by atoms with Gasteiger partial charge >= 0.3 is 0 Å². The van der Waals surface area contributed by atoms with Crippen LogP contribution in [0.3, 0.4) is 0 Å². The Morgan fingerprint density at radius 2 is 2.04 bits per heavy atom. The van der Waals surface area contributed by atoms with Crippen molar-refractivity contribution in [2.75, 3.05) is 0 Å². The van der Waals surface area contributed by atoms with Gasteiger partial charge in [0.25, 0.3) is 5.89 Å². The van der Waals surface area contributed by atoms with Gasteiger partial charge in [-0.3, -0.25) is 4.79 Å². The van der Waals surface area contributed by atoms with E-state index in [0.717, 1.165) is 16.6 Å². The molecular formula is C20H20N4O3. The Kier molecular flexibility index (Phi) is 4.50. The number of amides is 1. The summed E-state index contributed by atoms with van der Waals surface area (Å²) in [7, 11) is 0. The summed E-state index contributed by atoms with van der Waals surface area (Å²) in [5.41, 5.74) is 1.66. The third-order valence-corrected chi connectivity index (χ3v) is 4.31. The van der Waals surface area contributed by atoms with Gasteiger partial charge in [-0.05, 0) is 24.3 Å². The second kappa shape index (κ2) is 7.11. The highest BCUT2D eigenvalue weighted by atomic mass is 16.4. The molecule has 1 amide bonds. The molecule has 138 valence electrons. The Balaban J connectivity index is 1.64. The van der Waals surface area contributed by atoms with Gasteiger partial charge in [0, 0.05) is 16.8 Å². The largest absolute Gasteiger partial charge is 0.467 e. The Labute approximate surface area is 156 Å². The van der Waals surface area contributed by atoms with Crippen LogP contribution in [0, 0.1) is 0 Å². The molecule has 0 fully saturated rings. The molecule has 0 spiro atoms. The average Bonchev–Trinajstić information content (AvgIpc) is 3.40. The molecule has 3 aromatic heterocycles. The van der Waals surface area contributed by atoms with Gasteiger partial charge in [0.05, 0.1) is 12.8 Å². The number of carbonyl (C=O) groups is 1. The Bertz CT molecular complexity index is 1060. The number of aromatic nitrogens is 3. The van der Waals surface area contributed by atoms with Crippen molar-refractivity contribution in [2.45, 2.75) is 32.9 Å². The molecule has 1 N–H and O–H groups in total. The lowest BCUT2D eigenvalue weighted by Crippen LogP contribution is -2.27. The van der Waals surface area contributed by atoms with E-state index in [4.69, 9.17) is 8.83 Å². The summed E-state index contributed by atoms with van der Waals surface area (Å²) < 4.78 is 13.0. The summed E-state index contributed by atoms with van der Waals surface area (Å²) in [5, 5.41) is 12.2. The lowest BCUT2D eigenvalue weighted by molar-refractivity contribution is -0.121. The zero-order valence-corrected chi connectivity index (χ0v) is 15.2. The van der Waals surface area contributed by atoms with E-state index >= 15 is 0 Å². The van der Waals surface area contributed by atoms with Crippen LogP contribution in [-0.4, -0.2) is 20.7 Å². The number of fused-ring (bicyclic) bond motifs is 1. The van der Waals surface area contributed by atoms with E-state index in [9.17, 15) is 4.79 Å². The first-order valence-corrected chi connectivity index (χ1v) is 8.83. The smallest absolute Gasteiger partial charge is 0.264 e. The number of nitrogens with one attached hydrogen (secondary N) is 1. The molecule has 0 bridgehead atoms. The van der Waals surface area contributed by atoms with Gasteiger partial charge < -0.3 is 18.7 Å². The van der Waals surface area contributed by atoms with Crippen molar-refractivity contribution in [3.8, 4) is 11.6 Å². The molecule has 1 aromatic carbocycles. The molecule has 0 atom stereocenters. The maximum atomic E-state index is 12.5. The number of furan rings is 1. The molecule has 3 heterocycles. The molecule has 7 heteroatoms. The van der Waals surface area contributed by atoms with Crippen molar-refractivity contribution in [3.63, 3.8) is 0 Å². The van der Waals surface area contributed by atoms with Crippen molar-refractivity contribution >= 4 is 16.8 Å². The Hall–Kier alpha value is -3.35. The van der Waals surface area contributed by atoms with E-state index in [1.807, 2.05) is 54.8 Å². The summed E-state index contributed by atoms with van der Waals surface area (Å²) in [6.07, 6.45) is 1.58. The minimum atomic E-state index is -0.127. The highest BCUT2D eigenvalue weighted by Gasteiger charge is 2.19. The fourth-order valence-corrected chi connectivity index (χ4v) is 2.93. The molecule has 0 radical (unpaired) electrons. The lowest BCUT2D eigenvalue weighted by Gasteiger charge is -2.09. The second-order valence-corrected chi connectivity index (χ2v) is 6.63. The van der Waals surface area contributed by atoms with E-state index in [0.29, 0.717) is 24.1 Å². The third kappa shape index (κ3) is 3.48. The van der Waals surface area contributed by atoms with Crippen LogP contribution in [0.2, 0.25) is 0 Å². The zero-order chi connectivity index (χ0) is 18.8. The molecule has 0 aliphatic rings. The van der Waals surface area contributed by atoms with Gasteiger partial charge in [-0.15, -0.1) is 10.2 Å². The van der Waals surface area contributed by atoms with E-state index in [1.54, 1.807) is 12.3 Å². The molecule has 0 saturated carbocycles. The lowest BCUT2D eigenvalue weighted by atomic mass is 10.2. The predicted molar refractivity (Wildman–Crippen MR) is 99.9 cm³/mol. The second-order valence-electron chi connectivity index (χ2n) is 6.63. The summed E-state index contributed by atoms with van der Waals surface area (Å²) in [6.45, 7) is 4.48. The van der Waals surface area contributed by atoms with Crippen LogP contribution < -0.4 is 5.32 Å². The van der Waals surface area contributed by atoms with Crippen molar-refractivity contribution in [1.82, 2.24) is 20.1 Å². The molecule has 4 rings (SSSR count). The number of hydrogen-bond donors (Lipinski definition) is 1. The predicted octanol–water partition coefficient (Wildman–Crippen LogP) is 3.72. The number of hydrogen-bond acceptors (Lipinski definition) is 5. The quantitative estimate of drug-likeness (QED) is 0.563. The van der Waals surface area contributed by atoms with Gasteiger partial charge in [-0.1, -0.05) is 32.0 Å². The maximum absolute atomic E-state index is 12.5. The maximum Gasteiger partial charge on any atom is 0.264 e. The zero-order valence-electron chi connectivity index (χ0n) is 15.2. The topological polar surface area (TPSA) is 86.1 Å². The number of nitrogens with zero attached hydrogens (tertiary/aromatic N) is 3.